The molecule has 2 N–H and O–H groups in total. The second-order valence-electron chi connectivity index (χ2n) is 7.52. The summed E-state index contributed by atoms with van der Waals surface area (Å²) in [5.74, 6) is -2.76. The molecule has 0 bridgehead atoms. The molecule has 0 radical (unpaired) electrons. The zero-order valence-corrected chi connectivity index (χ0v) is 20.1. The molecule has 3 aromatic rings. The van der Waals surface area contributed by atoms with Crippen LogP contribution in [0.2, 0.25) is 0 Å². The zero-order chi connectivity index (χ0) is 24.9. The normalized spacial score (nSPS) is 15.4. The van der Waals surface area contributed by atoms with Gasteiger partial charge in [0.05, 0.1) is 4.90 Å². The fraction of sp³-hybridized carbons (Fsp3) is 0.273. The third-order valence-electron chi connectivity index (χ3n) is 5.16. The first-order valence-corrected chi connectivity index (χ1v) is 12.4. The van der Waals surface area contributed by atoms with Gasteiger partial charge in [-0.3, -0.25) is 4.98 Å². The Labute approximate surface area is 202 Å². The molecule has 2 aromatic carbocycles. The predicted molar refractivity (Wildman–Crippen MR) is 125 cm³/mol. The van der Waals surface area contributed by atoms with Crippen molar-refractivity contribution in [1.29, 1.82) is 0 Å². The summed E-state index contributed by atoms with van der Waals surface area (Å²) in [7, 11) is -3.43. The number of pyridine rings is 1. The highest BCUT2D eigenvalue weighted by molar-refractivity contribution is 9.10. The third kappa shape index (κ3) is 6.67. The van der Waals surface area contributed by atoms with Gasteiger partial charge in [-0.2, -0.15) is 17.5 Å². The zero-order valence-electron chi connectivity index (χ0n) is 17.7. The predicted octanol–water partition coefficient (Wildman–Crippen LogP) is 4.90. The van der Waals surface area contributed by atoms with Gasteiger partial charge < -0.3 is 10.4 Å². The number of hydrogen-bond acceptors (Lipinski definition) is 5. The second-order valence-corrected chi connectivity index (χ2v) is 10.4. The number of aliphatic carboxylic acids is 1. The number of alkyl halides is 3. The Morgan fingerprint density at radius 2 is 1.68 bits per heavy atom. The lowest BCUT2D eigenvalue weighted by Gasteiger charge is -2.32. The van der Waals surface area contributed by atoms with Crippen LogP contribution in [0.5, 0.6) is 0 Å². The van der Waals surface area contributed by atoms with E-state index in [-0.39, 0.29) is 6.04 Å². The van der Waals surface area contributed by atoms with Crippen molar-refractivity contribution < 1.29 is 31.5 Å². The van der Waals surface area contributed by atoms with Crippen LogP contribution in [0.3, 0.4) is 0 Å². The SMILES string of the molecule is O=C(O)C(F)(F)F.O=S(=O)(c1ccc(Br)cc1)N1CCC(Nc2ccc3cnccc3c2)CC1. The minimum Gasteiger partial charge on any atom is -0.475 e. The highest BCUT2D eigenvalue weighted by Gasteiger charge is 2.38. The van der Waals surface area contributed by atoms with E-state index in [1.165, 1.54) is 0 Å². The van der Waals surface area contributed by atoms with Gasteiger partial charge in [0.15, 0.2) is 0 Å². The van der Waals surface area contributed by atoms with E-state index in [2.05, 4.69) is 44.4 Å². The number of nitrogens with zero attached hydrogens (tertiary/aromatic N) is 2. The maximum atomic E-state index is 12.8. The van der Waals surface area contributed by atoms with E-state index in [1.54, 1.807) is 34.8 Å². The molecule has 34 heavy (non-hydrogen) atoms. The van der Waals surface area contributed by atoms with Gasteiger partial charge in [-0.1, -0.05) is 22.0 Å². The first-order valence-electron chi connectivity index (χ1n) is 10.1. The van der Waals surface area contributed by atoms with Crippen LogP contribution >= 0.6 is 15.9 Å². The van der Waals surface area contributed by atoms with E-state index >= 15 is 0 Å². The molecule has 0 amide bonds. The van der Waals surface area contributed by atoms with Gasteiger partial charge in [-0.25, -0.2) is 13.2 Å². The van der Waals surface area contributed by atoms with Gasteiger partial charge in [0.1, 0.15) is 0 Å². The van der Waals surface area contributed by atoms with Gasteiger partial charge in [-0.15, -0.1) is 0 Å². The molecule has 0 atom stereocenters. The summed E-state index contributed by atoms with van der Waals surface area (Å²) in [5.41, 5.74) is 1.06. The summed E-state index contributed by atoms with van der Waals surface area (Å²) >= 11 is 3.34. The molecule has 2 heterocycles. The number of carbonyl (C=O) groups is 1. The number of sulfonamides is 1. The largest absolute Gasteiger partial charge is 0.490 e. The highest BCUT2D eigenvalue weighted by atomic mass is 79.9. The second kappa shape index (κ2) is 10.7. The van der Waals surface area contributed by atoms with E-state index in [9.17, 15) is 21.6 Å². The van der Waals surface area contributed by atoms with E-state index in [1.807, 2.05) is 12.3 Å². The molecule has 182 valence electrons. The van der Waals surface area contributed by atoms with Crippen molar-refractivity contribution in [3.8, 4) is 0 Å². The number of rotatable bonds is 4. The van der Waals surface area contributed by atoms with Gasteiger partial charge in [0.25, 0.3) is 0 Å². The fourth-order valence-electron chi connectivity index (χ4n) is 3.40. The van der Waals surface area contributed by atoms with Crippen molar-refractivity contribution in [2.75, 3.05) is 18.4 Å². The number of nitrogens with one attached hydrogen (secondary N) is 1. The first kappa shape index (κ1) is 25.9. The van der Waals surface area contributed by atoms with Gasteiger partial charge >= 0.3 is 12.1 Å². The number of anilines is 1. The standard InChI is InChI=1S/C20H20BrN3O2S.C2HF3O2/c21-17-2-5-20(6-3-17)27(25,26)24-11-8-18(9-12-24)23-19-4-1-16-14-22-10-7-15(16)13-19;3-2(4,5)1(6)7/h1-7,10,13-14,18,23H,8-9,11-12H2;(H,6,7). The average molecular weight is 560 g/mol. The summed E-state index contributed by atoms with van der Waals surface area (Å²) < 4.78 is 59.8. The Balaban J connectivity index is 0.000000406. The first-order chi connectivity index (χ1) is 16.0. The molecule has 0 aliphatic carbocycles. The summed E-state index contributed by atoms with van der Waals surface area (Å²) in [6.07, 6.45) is 0.121. The lowest BCUT2D eigenvalue weighted by molar-refractivity contribution is -0.192. The number of carboxylic acids is 1. The maximum Gasteiger partial charge on any atom is 0.490 e. The summed E-state index contributed by atoms with van der Waals surface area (Å²) in [6, 6.07) is 15.3. The smallest absolute Gasteiger partial charge is 0.475 e. The topological polar surface area (TPSA) is 99.6 Å². The molecule has 1 aromatic heterocycles. The summed E-state index contributed by atoms with van der Waals surface area (Å²) in [6.45, 7) is 1.04. The Morgan fingerprint density at radius 3 is 2.26 bits per heavy atom. The van der Waals surface area contributed by atoms with Crippen LogP contribution in [0.1, 0.15) is 12.8 Å². The molecule has 0 saturated carbocycles. The molecule has 0 spiro atoms. The van der Waals surface area contributed by atoms with Crippen molar-refractivity contribution in [1.82, 2.24) is 9.29 Å². The number of benzene rings is 2. The van der Waals surface area contributed by atoms with Crippen molar-refractivity contribution >= 4 is 48.4 Å². The van der Waals surface area contributed by atoms with E-state index < -0.39 is 22.2 Å². The van der Waals surface area contributed by atoms with E-state index in [0.29, 0.717) is 18.0 Å². The summed E-state index contributed by atoms with van der Waals surface area (Å²) in [5, 5.41) is 12.9. The Kier molecular flexibility index (Phi) is 8.16. The van der Waals surface area contributed by atoms with Crippen LogP contribution in [-0.4, -0.2) is 54.1 Å². The Morgan fingerprint density at radius 1 is 1.06 bits per heavy atom. The average Bonchev–Trinajstić information content (AvgIpc) is 2.79. The molecule has 1 saturated heterocycles. The van der Waals surface area contributed by atoms with Crippen molar-refractivity contribution in [3.05, 3.63) is 65.4 Å². The number of halogens is 4. The van der Waals surface area contributed by atoms with Crippen LogP contribution < -0.4 is 5.32 Å². The summed E-state index contributed by atoms with van der Waals surface area (Å²) in [4.78, 5) is 13.4. The number of piperidine rings is 1. The number of fused-ring (bicyclic) bond motifs is 1. The van der Waals surface area contributed by atoms with Crippen molar-refractivity contribution in [2.24, 2.45) is 0 Å². The van der Waals surface area contributed by atoms with Crippen molar-refractivity contribution in [2.45, 2.75) is 30.0 Å². The lowest BCUT2D eigenvalue weighted by atomic mass is 10.1. The molecular weight excluding hydrogens is 539 g/mol. The van der Waals surface area contributed by atoms with Gasteiger partial charge in [0, 0.05) is 47.1 Å². The number of aromatic nitrogens is 1. The minimum atomic E-state index is -5.08. The van der Waals surface area contributed by atoms with Crippen LogP contribution in [0.15, 0.2) is 70.3 Å². The molecule has 1 fully saturated rings. The molecule has 1 aliphatic heterocycles. The Bertz CT molecular complexity index is 1250. The van der Waals surface area contributed by atoms with E-state index in [0.717, 1.165) is 33.8 Å². The molecule has 12 heteroatoms. The Hall–Kier alpha value is -2.70. The molecule has 1 aliphatic rings. The fourth-order valence-corrected chi connectivity index (χ4v) is 5.14. The monoisotopic (exact) mass is 559 g/mol. The van der Waals surface area contributed by atoms with Gasteiger partial charge in [0.2, 0.25) is 10.0 Å². The lowest BCUT2D eigenvalue weighted by Crippen LogP contribution is -2.42. The van der Waals surface area contributed by atoms with Crippen molar-refractivity contribution in [3.63, 3.8) is 0 Å². The highest BCUT2D eigenvalue weighted by Crippen LogP contribution is 2.25. The number of hydrogen-bond donors (Lipinski definition) is 2. The third-order valence-corrected chi connectivity index (χ3v) is 7.60. The molecule has 4 rings (SSSR count). The maximum absolute atomic E-state index is 12.8. The number of carboxylic acid groups (broad SMARTS) is 1. The molecule has 7 nitrogen and oxygen atoms in total. The van der Waals surface area contributed by atoms with E-state index in [4.69, 9.17) is 9.90 Å². The minimum absolute atomic E-state index is 0.264. The molecule has 0 unspecified atom stereocenters. The molecular formula is C22H21BrF3N3O4S. The van der Waals surface area contributed by atoms with Crippen LogP contribution in [-0.2, 0) is 14.8 Å². The van der Waals surface area contributed by atoms with Crippen LogP contribution in [0, 0.1) is 0 Å². The van der Waals surface area contributed by atoms with Crippen LogP contribution in [0.4, 0.5) is 18.9 Å². The van der Waals surface area contributed by atoms with Gasteiger partial charge in [-0.05, 0) is 60.7 Å². The quantitative estimate of drug-likeness (QED) is 0.472. The van der Waals surface area contributed by atoms with Crippen LogP contribution in [0.25, 0.3) is 10.8 Å².